The number of thiophene rings is 1. The first kappa shape index (κ1) is 15.9. The highest BCUT2D eigenvalue weighted by atomic mass is 32.2. The van der Waals surface area contributed by atoms with Gasteiger partial charge in [-0.3, -0.25) is 4.79 Å². The van der Waals surface area contributed by atoms with Crippen molar-refractivity contribution < 1.29 is 9.21 Å². The predicted molar refractivity (Wildman–Crippen MR) is 94.8 cm³/mol. The Morgan fingerprint density at radius 1 is 1.17 bits per heavy atom. The zero-order valence-electron chi connectivity index (χ0n) is 12.8. The Balaban J connectivity index is 1.88. The first-order chi connectivity index (χ1) is 11.3. The van der Waals surface area contributed by atoms with Gasteiger partial charge >= 0.3 is 0 Å². The van der Waals surface area contributed by atoms with E-state index >= 15 is 0 Å². The number of carbonyl (C=O) groups is 1. The molecule has 0 N–H and O–H groups in total. The average Bonchev–Trinajstić information content (AvgIpc) is 3.27. The molecule has 0 aliphatic carbocycles. The van der Waals surface area contributed by atoms with E-state index in [1.807, 2.05) is 59.0 Å². The second kappa shape index (κ2) is 7.53. The van der Waals surface area contributed by atoms with Crippen LogP contribution >= 0.6 is 23.1 Å². The smallest absolute Gasteiger partial charge is 0.255 e. The third-order valence-electron chi connectivity index (χ3n) is 3.50. The van der Waals surface area contributed by atoms with Crippen molar-refractivity contribution >= 4 is 29.0 Å². The third-order valence-corrected chi connectivity index (χ3v) is 5.03. The summed E-state index contributed by atoms with van der Waals surface area (Å²) >= 11 is 3.23. The van der Waals surface area contributed by atoms with E-state index in [-0.39, 0.29) is 5.91 Å². The molecule has 3 rings (SSSR count). The molecule has 3 nitrogen and oxygen atoms in total. The van der Waals surface area contributed by atoms with E-state index in [0.29, 0.717) is 13.1 Å². The maximum absolute atomic E-state index is 13.1. The minimum atomic E-state index is 0.0255. The zero-order chi connectivity index (χ0) is 16.1. The van der Waals surface area contributed by atoms with Crippen LogP contribution < -0.4 is 0 Å². The molecule has 0 saturated carbocycles. The van der Waals surface area contributed by atoms with Gasteiger partial charge in [-0.25, -0.2) is 0 Å². The summed E-state index contributed by atoms with van der Waals surface area (Å²) in [5, 5.41) is 4.10. The number of furan rings is 1. The van der Waals surface area contributed by atoms with Crippen molar-refractivity contribution in [3.8, 4) is 0 Å². The zero-order valence-corrected chi connectivity index (χ0v) is 14.4. The van der Waals surface area contributed by atoms with Gasteiger partial charge in [-0.2, -0.15) is 11.3 Å². The summed E-state index contributed by atoms with van der Waals surface area (Å²) in [6.45, 7) is 1.04. The van der Waals surface area contributed by atoms with Crippen molar-refractivity contribution in [2.45, 2.75) is 18.0 Å². The lowest BCUT2D eigenvalue weighted by Gasteiger charge is -2.22. The fraction of sp³-hybridized carbons (Fsp3) is 0.167. The maximum Gasteiger partial charge on any atom is 0.255 e. The molecule has 118 valence electrons. The quantitative estimate of drug-likeness (QED) is 0.597. The monoisotopic (exact) mass is 343 g/mol. The number of thioether (sulfide) groups is 1. The fourth-order valence-electron chi connectivity index (χ4n) is 2.38. The Morgan fingerprint density at radius 3 is 2.74 bits per heavy atom. The molecule has 0 spiro atoms. The van der Waals surface area contributed by atoms with Gasteiger partial charge in [0.25, 0.3) is 5.91 Å². The first-order valence-corrected chi connectivity index (χ1v) is 9.40. The summed E-state index contributed by atoms with van der Waals surface area (Å²) in [7, 11) is 0. The molecular formula is C18H17NO2S2. The first-order valence-electron chi connectivity index (χ1n) is 7.23. The lowest BCUT2D eigenvalue weighted by Crippen LogP contribution is -2.30. The van der Waals surface area contributed by atoms with E-state index in [0.717, 1.165) is 21.8 Å². The van der Waals surface area contributed by atoms with Crippen LogP contribution in [-0.2, 0) is 13.1 Å². The molecule has 0 aliphatic heterocycles. The van der Waals surface area contributed by atoms with Crippen molar-refractivity contribution in [1.82, 2.24) is 4.90 Å². The second-order valence-corrected chi connectivity index (χ2v) is 6.70. The van der Waals surface area contributed by atoms with E-state index in [2.05, 4.69) is 5.38 Å². The number of hydrogen-bond donors (Lipinski definition) is 0. The number of hydrogen-bond acceptors (Lipinski definition) is 4. The van der Waals surface area contributed by atoms with E-state index in [1.54, 1.807) is 29.4 Å². The molecule has 0 saturated heterocycles. The second-order valence-electron chi connectivity index (χ2n) is 5.07. The summed E-state index contributed by atoms with van der Waals surface area (Å²) in [4.78, 5) is 15.9. The number of benzene rings is 1. The summed E-state index contributed by atoms with van der Waals surface area (Å²) in [5.41, 5.74) is 1.87. The summed E-state index contributed by atoms with van der Waals surface area (Å²) < 4.78 is 5.43. The molecule has 23 heavy (non-hydrogen) atoms. The molecule has 2 aromatic heterocycles. The van der Waals surface area contributed by atoms with Crippen molar-refractivity contribution in [3.05, 3.63) is 76.4 Å². The van der Waals surface area contributed by atoms with Crippen LogP contribution in [0.1, 0.15) is 21.7 Å². The lowest BCUT2D eigenvalue weighted by atomic mass is 10.1. The van der Waals surface area contributed by atoms with Gasteiger partial charge in [0.05, 0.1) is 18.4 Å². The van der Waals surface area contributed by atoms with Crippen molar-refractivity contribution in [3.63, 3.8) is 0 Å². The molecule has 0 radical (unpaired) electrons. The minimum absolute atomic E-state index is 0.0255. The van der Waals surface area contributed by atoms with E-state index < -0.39 is 0 Å². The molecule has 0 bridgehead atoms. The van der Waals surface area contributed by atoms with Crippen molar-refractivity contribution in [2.24, 2.45) is 0 Å². The molecule has 2 heterocycles. The Labute approximate surface area is 143 Å². The molecule has 0 unspecified atom stereocenters. The molecule has 0 aliphatic rings. The predicted octanol–water partition coefficient (Wildman–Crippen LogP) is 4.91. The van der Waals surface area contributed by atoms with Gasteiger partial charge in [0, 0.05) is 11.4 Å². The Hall–Kier alpha value is -1.98. The van der Waals surface area contributed by atoms with Crippen molar-refractivity contribution in [1.29, 1.82) is 0 Å². The molecule has 1 aromatic carbocycles. The summed E-state index contributed by atoms with van der Waals surface area (Å²) in [5.74, 6) is 0.813. The van der Waals surface area contributed by atoms with Gasteiger partial charge in [-0.05, 0) is 52.9 Å². The van der Waals surface area contributed by atoms with Gasteiger partial charge in [0.2, 0.25) is 0 Å². The SMILES string of the molecule is CSc1ccccc1C(=O)N(Cc1ccsc1)Cc1ccco1. The van der Waals surface area contributed by atoms with E-state index in [9.17, 15) is 4.79 Å². The van der Waals surface area contributed by atoms with Gasteiger partial charge in [-0.15, -0.1) is 11.8 Å². The van der Waals surface area contributed by atoms with Crippen LogP contribution in [0.3, 0.4) is 0 Å². The van der Waals surface area contributed by atoms with Crippen LogP contribution in [-0.4, -0.2) is 17.1 Å². The fourth-order valence-corrected chi connectivity index (χ4v) is 3.63. The van der Waals surface area contributed by atoms with Gasteiger partial charge in [0.1, 0.15) is 5.76 Å². The largest absolute Gasteiger partial charge is 0.467 e. The van der Waals surface area contributed by atoms with Gasteiger partial charge in [0.15, 0.2) is 0 Å². The number of rotatable bonds is 6. The summed E-state index contributed by atoms with van der Waals surface area (Å²) in [6, 6.07) is 13.5. The Morgan fingerprint density at radius 2 is 2.04 bits per heavy atom. The van der Waals surface area contributed by atoms with Crippen LogP contribution in [0, 0.1) is 0 Å². The molecule has 5 heteroatoms. The highest BCUT2D eigenvalue weighted by Crippen LogP contribution is 2.23. The Bertz CT molecular complexity index is 715. The standard InChI is InChI=1S/C18H17NO2S2/c1-22-17-7-3-2-6-16(17)18(20)19(11-14-8-10-23-13-14)12-15-5-4-9-21-15/h2-10,13H,11-12H2,1H3. The van der Waals surface area contributed by atoms with Crippen molar-refractivity contribution in [2.75, 3.05) is 6.26 Å². The highest BCUT2D eigenvalue weighted by molar-refractivity contribution is 7.98. The molecule has 1 amide bonds. The van der Waals surface area contributed by atoms with Gasteiger partial charge in [-0.1, -0.05) is 12.1 Å². The van der Waals surface area contributed by atoms with Crippen LogP contribution in [0.15, 0.2) is 68.8 Å². The maximum atomic E-state index is 13.1. The third kappa shape index (κ3) is 3.86. The normalized spacial score (nSPS) is 10.7. The number of carbonyl (C=O) groups excluding carboxylic acids is 1. The molecule has 0 atom stereocenters. The van der Waals surface area contributed by atoms with Crippen LogP contribution in [0.4, 0.5) is 0 Å². The number of amides is 1. The molecule has 0 fully saturated rings. The topological polar surface area (TPSA) is 33.5 Å². The van der Waals surface area contributed by atoms with Crippen LogP contribution in [0.2, 0.25) is 0 Å². The highest BCUT2D eigenvalue weighted by Gasteiger charge is 2.20. The lowest BCUT2D eigenvalue weighted by molar-refractivity contribution is 0.0714. The summed E-state index contributed by atoms with van der Waals surface area (Å²) in [6.07, 6.45) is 3.63. The minimum Gasteiger partial charge on any atom is -0.467 e. The van der Waals surface area contributed by atoms with Gasteiger partial charge < -0.3 is 9.32 Å². The van der Waals surface area contributed by atoms with E-state index in [4.69, 9.17) is 4.42 Å². The number of nitrogens with zero attached hydrogens (tertiary/aromatic N) is 1. The van der Waals surface area contributed by atoms with Crippen LogP contribution in [0.25, 0.3) is 0 Å². The van der Waals surface area contributed by atoms with Crippen LogP contribution in [0.5, 0.6) is 0 Å². The van der Waals surface area contributed by atoms with E-state index in [1.165, 1.54) is 0 Å². The average molecular weight is 343 g/mol. The molecular weight excluding hydrogens is 326 g/mol. The Kier molecular flexibility index (Phi) is 5.20. The molecule has 3 aromatic rings.